The van der Waals surface area contributed by atoms with E-state index in [2.05, 4.69) is 15.3 Å². The van der Waals surface area contributed by atoms with E-state index in [4.69, 9.17) is 5.11 Å². The first-order chi connectivity index (χ1) is 9.10. The van der Waals surface area contributed by atoms with Gasteiger partial charge in [-0.2, -0.15) is 0 Å². The number of carbonyl (C=O) groups is 1. The number of likely N-dealkylation sites (tertiary alicyclic amines) is 1. The summed E-state index contributed by atoms with van der Waals surface area (Å²) in [6, 6.07) is 1.58. The number of aryl methyl sites for hydroxylation is 2. The zero-order valence-electron chi connectivity index (χ0n) is 11.4. The van der Waals surface area contributed by atoms with Crippen LogP contribution in [-0.2, 0) is 4.79 Å². The second-order valence-corrected chi connectivity index (χ2v) is 4.83. The number of amides is 1. The van der Waals surface area contributed by atoms with Gasteiger partial charge in [0.2, 0.25) is 5.91 Å². The Kier molecular flexibility index (Phi) is 4.31. The highest BCUT2D eigenvalue weighted by molar-refractivity contribution is 5.85. The number of hydrogen-bond acceptors (Lipinski definition) is 5. The van der Waals surface area contributed by atoms with Gasteiger partial charge in [-0.15, -0.1) is 0 Å². The summed E-state index contributed by atoms with van der Waals surface area (Å²) in [5, 5.41) is 12.1. The van der Waals surface area contributed by atoms with Gasteiger partial charge in [0.15, 0.2) is 0 Å². The molecular formula is C13H20N4O2. The van der Waals surface area contributed by atoms with Crippen LogP contribution >= 0.6 is 0 Å². The Hall–Kier alpha value is -1.69. The molecule has 0 radical (unpaired) electrons. The van der Waals surface area contributed by atoms with Crippen LogP contribution in [-0.4, -0.2) is 51.6 Å². The number of nitrogens with one attached hydrogen (secondary N) is 1. The minimum Gasteiger partial charge on any atom is -0.395 e. The van der Waals surface area contributed by atoms with Crippen molar-refractivity contribution in [2.24, 2.45) is 0 Å². The SMILES string of the molecule is Cc1cc(NC2CCCN(CCO)C2=O)nc(C)n1. The van der Waals surface area contributed by atoms with E-state index in [1.807, 2.05) is 19.9 Å². The lowest BCUT2D eigenvalue weighted by molar-refractivity contribution is -0.134. The third-order valence-corrected chi connectivity index (χ3v) is 3.19. The van der Waals surface area contributed by atoms with Crippen LogP contribution in [0.2, 0.25) is 0 Å². The highest BCUT2D eigenvalue weighted by atomic mass is 16.3. The monoisotopic (exact) mass is 264 g/mol. The minimum absolute atomic E-state index is 0.00415. The van der Waals surface area contributed by atoms with Crippen molar-refractivity contribution in [1.82, 2.24) is 14.9 Å². The number of hydrogen-bond donors (Lipinski definition) is 2. The molecule has 0 bridgehead atoms. The number of nitrogens with zero attached hydrogens (tertiary/aromatic N) is 3. The largest absolute Gasteiger partial charge is 0.395 e. The van der Waals surface area contributed by atoms with E-state index < -0.39 is 0 Å². The van der Waals surface area contributed by atoms with Crippen LogP contribution in [0, 0.1) is 13.8 Å². The lowest BCUT2D eigenvalue weighted by Gasteiger charge is -2.32. The molecule has 1 aliphatic rings. The lowest BCUT2D eigenvalue weighted by atomic mass is 10.0. The Labute approximate surface area is 112 Å². The van der Waals surface area contributed by atoms with Gasteiger partial charge in [0.05, 0.1) is 6.61 Å². The number of β-amino-alcohol motifs (C(OH)–C–C–N with tert-alkyl or cyclic N) is 1. The lowest BCUT2D eigenvalue weighted by Crippen LogP contribution is -2.48. The van der Waals surface area contributed by atoms with E-state index in [1.54, 1.807) is 4.90 Å². The molecule has 0 saturated carbocycles. The van der Waals surface area contributed by atoms with Crippen molar-refractivity contribution in [2.45, 2.75) is 32.7 Å². The fourth-order valence-electron chi connectivity index (χ4n) is 2.39. The van der Waals surface area contributed by atoms with E-state index in [0.717, 1.165) is 25.1 Å². The van der Waals surface area contributed by atoms with E-state index in [1.165, 1.54) is 0 Å². The Bertz CT molecular complexity index is 442. The van der Waals surface area contributed by atoms with Crippen molar-refractivity contribution in [3.63, 3.8) is 0 Å². The molecule has 1 aromatic rings. The molecule has 2 N–H and O–H groups in total. The van der Waals surface area contributed by atoms with Gasteiger partial charge in [-0.1, -0.05) is 0 Å². The van der Waals surface area contributed by atoms with Gasteiger partial charge >= 0.3 is 0 Å². The molecule has 1 amide bonds. The summed E-state index contributed by atoms with van der Waals surface area (Å²) in [6.45, 7) is 4.86. The minimum atomic E-state index is -0.256. The number of aliphatic hydroxyl groups is 1. The first-order valence-corrected chi connectivity index (χ1v) is 6.58. The van der Waals surface area contributed by atoms with Crippen molar-refractivity contribution < 1.29 is 9.90 Å². The molecule has 0 spiro atoms. The molecule has 1 fully saturated rings. The summed E-state index contributed by atoms with van der Waals surface area (Å²) in [4.78, 5) is 22.4. The van der Waals surface area contributed by atoms with Crippen LogP contribution in [0.25, 0.3) is 0 Å². The maximum atomic E-state index is 12.2. The Morgan fingerprint density at radius 1 is 1.47 bits per heavy atom. The van der Waals surface area contributed by atoms with Crippen molar-refractivity contribution in [1.29, 1.82) is 0 Å². The molecule has 1 saturated heterocycles. The smallest absolute Gasteiger partial charge is 0.245 e. The van der Waals surface area contributed by atoms with E-state index in [0.29, 0.717) is 18.2 Å². The maximum Gasteiger partial charge on any atom is 0.245 e. The molecular weight excluding hydrogens is 244 g/mol. The molecule has 0 aromatic carbocycles. The molecule has 2 heterocycles. The van der Waals surface area contributed by atoms with Gasteiger partial charge in [0.1, 0.15) is 17.7 Å². The first-order valence-electron chi connectivity index (χ1n) is 6.58. The number of rotatable bonds is 4. The van der Waals surface area contributed by atoms with Crippen molar-refractivity contribution in [3.8, 4) is 0 Å². The maximum absolute atomic E-state index is 12.2. The van der Waals surface area contributed by atoms with Gasteiger partial charge in [-0.05, 0) is 26.7 Å². The molecule has 6 nitrogen and oxygen atoms in total. The Balaban J connectivity index is 2.07. The standard InChI is InChI=1S/C13H20N4O2/c1-9-8-12(15-10(2)14-9)16-11-4-3-5-17(6-7-18)13(11)19/h8,11,18H,3-7H2,1-2H3,(H,14,15,16). The van der Waals surface area contributed by atoms with Crippen LogP contribution in [0.5, 0.6) is 0 Å². The van der Waals surface area contributed by atoms with Crippen LogP contribution in [0.1, 0.15) is 24.4 Å². The third-order valence-electron chi connectivity index (χ3n) is 3.19. The summed E-state index contributed by atoms with van der Waals surface area (Å²) < 4.78 is 0. The zero-order valence-corrected chi connectivity index (χ0v) is 11.4. The average Bonchev–Trinajstić information content (AvgIpc) is 2.33. The quantitative estimate of drug-likeness (QED) is 0.827. The van der Waals surface area contributed by atoms with E-state index >= 15 is 0 Å². The van der Waals surface area contributed by atoms with Gasteiger partial charge in [0, 0.05) is 24.8 Å². The predicted octanol–water partition coefficient (Wildman–Crippen LogP) is 0.489. The number of aliphatic hydroxyl groups excluding tert-OH is 1. The summed E-state index contributed by atoms with van der Waals surface area (Å²) in [7, 11) is 0. The molecule has 1 aromatic heterocycles. The second-order valence-electron chi connectivity index (χ2n) is 4.83. The number of anilines is 1. The van der Waals surface area contributed by atoms with Crippen LogP contribution in [0.15, 0.2) is 6.07 Å². The average molecular weight is 264 g/mol. The van der Waals surface area contributed by atoms with Crippen molar-refractivity contribution in [3.05, 3.63) is 17.6 Å². The van der Waals surface area contributed by atoms with Gasteiger partial charge in [-0.25, -0.2) is 9.97 Å². The highest BCUT2D eigenvalue weighted by Crippen LogP contribution is 2.16. The topological polar surface area (TPSA) is 78.4 Å². The molecule has 1 unspecified atom stereocenters. The Morgan fingerprint density at radius 2 is 2.26 bits per heavy atom. The zero-order chi connectivity index (χ0) is 13.8. The summed E-state index contributed by atoms with van der Waals surface area (Å²) in [5.41, 5.74) is 0.880. The predicted molar refractivity (Wildman–Crippen MR) is 71.8 cm³/mol. The van der Waals surface area contributed by atoms with Crippen LogP contribution < -0.4 is 5.32 Å². The first kappa shape index (κ1) is 13.7. The van der Waals surface area contributed by atoms with Gasteiger partial charge in [-0.3, -0.25) is 4.79 Å². The second kappa shape index (κ2) is 5.97. The molecule has 1 atom stereocenters. The van der Waals surface area contributed by atoms with Crippen LogP contribution in [0.4, 0.5) is 5.82 Å². The van der Waals surface area contributed by atoms with Crippen LogP contribution in [0.3, 0.4) is 0 Å². The highest BCUT2D eigenvalue weighted by Gasteiger charge is 2.28. The third kappa shape index (κ3) is 3.41. The summed E-state index contributed by atoms with van der Waals surface area (Å²) in [6.07, 6.45) is 1.73. The molecule has 104 valence electrons. The van der Waals surface area contributed by atoms with Gasteiger partial charge < -0.3 is 15.3 Å². The van der Waals surface area contributed by atoms with E-state index in [9.17, 15) is 4.79 Å². The summed E-state index contributed by atoms with van der Waals surface area (Å²) in [5.74, 6) is 1.42. The summed E-state index contributed by atoms with van der Waals surface area (Å²) >= 11 is 0. The molecule has 2 rings (SSSR count). The van der Waals surface area contributed by atoms with Crippen molar-refractivity contribution in [2.75, 3.05) is 25.0 Å². The Morgan fingerprint density at radius 3 is 2.95 bits per heavy atom. The molecule has 6 heteroatoms. The molecule has 1 aliphatic heterocycles. The van der Waals surface area contributed by atoms with E-state index in [-0.39, 0.29) is 18.6 Å². The number of piperidine rings is 1. The normalized spacial score (nSPS) is 19.6. The fourth-order valence-corrected chi connectivity index (χ4v) is 2.39. The number of aromatic nitrogens is 2. The molecule has 0 aliphatic carbocycles. The molecule has 19 heavy (non-hydrogen) atoms. The van der Waals surface area contributed by atoms with Crippen molar-refractivity contribution >= 4 is 11.7 Å². The number of carbonyl (C=O) groups excluding carboxylic acids is 1. The fraction of sp³-hybridized carbons (Fsp3) is 0.615. The van der Waals surface area contributed by atoms with Gasteiger partial charge in [0.25, 0.3) is 0 Å².